The van der Waals surface area contributed by atoms with E-state index in [4.69, 9.17) is 4.74 Å². The Bertz CT molecular complexity index is 1430. The van der Waals surface area contributed by atoms with E-state index in [-0.39, 0.29) is 23.3 Å². The second kappa shape index (κ2) is 14.5. The molecule has 0 aliphatic heterocycles. The van der Waals surface area contributed by atoms with Gasteiger partial charge in [0.15, 0.2) is 0 Å². The average Bonchev–Trinajstić information content (AvgIpc) is 2.94. The third-order valence-corrected chi connectivity index (χ3v) is 8.70. The Labute approximate surface area is 251 Å². The fraction of sp³-hybridized carbons (Fsp3) is 0.355. The van der Waals surface area contributed by atoms with Crippen molar-refractivity contribution in [2.75, 3.05) is 24.0 Å². The molecule has 3 rings (SSSR count). The van der Waals surface area contributed by atoms with E-state index in [1.54, 1.807) is 43.3 Å². The lowest BCUT2D eigenvalue weighted by Crippen LogP contribution is -2.51. The number of ether oxygens (including phenoxy) is 1. The zero-order valence-electron chi connectivity index (χ0n) is 24.1. The second-order valence-electron chi connectivity index (χ2n) is 10.2. The van der Waals surface area contributed by atoms with Gasteiger partial charge >= 0.3 is 0 Å². The van der Waals surface area contributed by atoms with Gasteiger partial charge in [-0.05, 0) is 80.8 Å². The van der Waals surface area contributed by atoms with Gasteiger partial charge in [0.2, 0.25) is 11.8 Å². The number of hydrogen-bond donors (Lipinski definition) is 1. The van der Waals surface area contributed by atoms with Crippen molar-refractivity contribution >= 4 is 43.5 Å². The van der Waals surface area contributed by atoms with Crippen molar-refractivity contribution in [1.29, 1.82) is 0 Å². The lowest BCUT2D eigenvalue weighted by molar-refractivity contribution is -0.139. The predicted octanol–water partition coefficient (Wildman–Crippen LogP) is 5.54. The van der Waals surface area contributed by atoms with Crippen LogP contribution in [0.1, 0.15) is 38.8 Å². The summed E-state index contributed by atoms with van der Waals surface area (Å²) in [6, 6.07) is 19.7. The van der Waals surface area contributed by atoms with E-state index in [1.807, 2.05) is 52.0 Å². The first-order valence-corrected chi connectivity index (χ1v) is 15.8. The summed E-state index contributed by atoms with van der Waals surface area (Å²) in [6.07, 6.45) is 0. The van der Waals surface area contributed by atoms with Crippen molar-refractivity contribution in [3.8, 4) is 5.75 Å². The van der Waals surface area contributed by atoms with E-state index in [0.29, 0.717) is 24.6 Å². The van der Waals surface area contributed by atoms with E-state index in [1.165, 1.54) is 17.0 Å². The number of anilines is 1. The van der Waals surface area contributed by atoms with Gasteiger partial charge < -0.3 is 15.0 Å². The molecule has 2 amide bonds. The van der Waals surface area contributed by atoms with Crippen molar-refractivity contribution in [3.05, 3.63) is 88.4 Å². The number of rotatable bonds is 13. The van der Waals surface area contributed by atoms with E-state index >= 15 is 0 Å². The SMILES string of the molecule is CCOc1ccc(S(=O)(=O)N(CC(=O)N(Cc2cccc(Br)c2)[C@@H](C)C(=O)NCC(C)C)c2ccc(C)cc2)cc1. The fourth-order valence-corrected chi connectivity index (χ4v) is 5.97. The highest BCUT2D eigenvalue weighted by atomic mass is 79.9. The van der Waals surface area contributed by atoms with Crippen LogP contribution in [0.2, 0.25) is 0 Å². The molecule has 220 valence electrons. The minimum atomic E-state index is -4.15. The smallest absolute Gasteiger partial charge is 0.264 e. The molecule has 10 heteroatoms. The molecule has 0 aliphatic carbocycles. The summed E-state index contributed by atoms with van der Waals surface area (Å²) in [5, 5.41) is 2.89. The van der Waals surface area contributed by atoms with Crippen LogP contribution in [0.3, 0.4) is 0 Å². The molecule has 0 radical (unpaired) electrons. The average molecular weight is 645 g/mol. The minimum absolute atomic E-state index is 0.0237. The van der Waals surface area contributed by atoms with Gasteiger partial charge in [-0.1, -0.05) is 59.6 Å². The maximum Gasteiger partial charge on any atom is 0.264 e. The molecule has 41 heavy (non-hydrogen) atoms. The number of sulfonamides is 1. The van der Waals surface area contributed by atoms with E-state index < -0.39 is 28.5 Å². The molecule has 1 atom stereocenters. The topological polar surface area (TPSA) is 96.0 Å². The third-order valence-electron chi connectivity index (χ3n) is 6.42. The van der Waals surface area contributed by atoms with Gasteiger partial charge in [-0.25, -0.2) is 8.42 Å². The highest BCUT2D eigenvalue weighted by molar-refractivity contribution is 9.10. The Morgan fingerprint density at radius 1 is 0.976 bits per heavy atom. The Kier molecular flexibility index (Phi) is 11.4. The van der Waals surface area contributed by atoms with Gasteiger partial charge in [-0.15, -0.1) is 0 Å². The lowest BCUT2D eigenvalue weighted by Gasteiger charge is -2.32. The van der Waals surface area contributed by atoms with Crippen LogP contribution in [-0.2, 0) is 26.2 Å². The van der Waals surface area contributed by atoms with Gasteiger partial charge in [0, 0.05) is 17.6 Å². The molecular weight excluding hydrogens is 606 g/mol. The first-order valence-electron chi connectivity index (χ1n) is 13.6. The number of carbonyl (C=O) groups is 2. The standard InChI is InChI=1S/C31H38BrN3O5S/c1-6-40-28-14-16-29(17-15-28)41(38,39)35(27-12-10-23(4)11-13-27)21-30(36)34(20-25-8-7-9-26(32)18-25)24(5)31(37)33-19-22(2)3/h7-18,22,24H,6,19-21H2,1-5H3,(H,33,37)/t24-/m0/s1. The molecule has 3 aromatic carbocycles. The number of nitrogens with zero attached hydrogens (tertiary/aromatic N) is 2. The maximum absolute atomic E-state index is 14.0. The van der Waals surface area contributed by atoms with Crippen molar-refractivity contribution < 1.29 is 22.7 Å². The van der Waals surface area contributed by atoms with Crippen LogP contribution in [0.15, 0.2) is 82.2 Å². The molecule has 0 fully saturated rings. The second-order valence-corrected chi connectivity index (χ2v) is 13.0. The summed E-state index contributed by atoms with van der Waals surface area (Å²) < 4.78 is 35.3. The molecule has 1 N–H and O–H groups in total. The van der Waals surface area contributed by atoms with Crippen molar-refractivity contribution in [3.63, 3.8) is 0 Å². The fourth-order valence-electron chi connectivity index (χ4n) is 4.11. The van der Waals surface area contributed by atoms with Gasteiger partial charge in [0.05, 0.1) is 17.2 Å². The molecular formula is C31H38BrN3O5S. The predicted molar refractivity (Wildman–Crippen MR) is 165 cm³/mol. The lowest BCUT2D eigenvalue weighted by atomic mass is 10.1. The van der Waals surface area contributed by atoms with Crippen LogP contribution in [-0.4, -0.2) is 50.9 Å². The van der Waals surface area contributed by atoms with Crippen LogP contribution >= 0.6 is 15.9 Å². The van der Waals surface area contributed by atoms with Crippen LogP contribution < -0.4 is 14.4 Å². The zero-order chi connectivity index (χ0) is 30.2. The van der Waals surface area contributed by atoms with Crippen molar-refractivity contribution in [1.82, 2.24) is 10.2 Å². The highest BCUT2D eigenvalue weighted by Gasteiger charge is 2.32. The van der Waals surface area contributed by atoms with Gasteiger partial charge in [0.25, 0.3) is 10.0 Å². The number of hydrogen-bond acceptors (Lipinski definition) is 5. The number of aryl methyl sites for hydroxylation is 1. The summed E-state index contributed by atoms with van der Waals surface area (Å²) >= 11 is 3.46. The Morgan fingerprint density at radius 3 is 2.22 bits per heavy atom. The largest absolute Gasteiger partial charge is 0.494 e. The summed E-state index contributed by atoms with van der Waals surface area (Å²) in [6.45, 7) is 9.92. The molecule has 0 spiro atoms. The molecule has 0 saturated heterocycles. The van der Waals surface area contributed by atoms with Gasteiger partial charge in [0.1, 0.15) is 18.3 Å². The highest BCUT2D eigenvalue weighted by Crippen LogP contribution is 2.26. The Balaban J connectivity index is 2.00. The maximum atomic E-state index is 14.0. The third kappa shape index (κ3) is 8.81. The van der Waals surface area contributed by atoms with E-state index in [9.17, 15) is 18.0 Å². The van der Waals surface area contributed by atoms with Crippen molar-refractivity contribution in [2.24, 2.45) is 5.92 Å². The first-order chi connectivity index (χ1) is 19.4. The van der Waals surface area contributed by atoms with E-state index in [2.05, 4.69) is 21.2 Å². The van der Waals surface area contributed by atoms with Crippen LogP contribution in [0, 0.1) is 12.8 Å². The number of carbonyl (C=O) groups excluding carboxylic acids is 2. The van der Waals surface area contributed by atoms with Gasteiger partial charge in [-0.3, -0.25) is 13.9 Å². The number of amides is 2. The first kappa shape index (κ1) is 32.1. The summed E-state index contributed by atoms with van der Waals surface area (Å²) in [5.41, 5.74) is 2.09. The molecule has 0 bridgehead atoms. The summed E-state index contributed by atoms with van der Waals surface area (Å²) in [5.74, 6) is -0.0342. The summed E-state index contributed by atoms with van der Waals surface area (Å²) in [4.78, 5) is 28.5. The molecule has 0 heterocycles. The Morgan fingerprint density at radius 2 is 1.63 bits per heavy atom. The minimum Gasteiger partial charge on any atom is -0.494 e. The molecule has 0 saturated carbocycles. The Hall–Kier alpha value is -3.37. The molecule has 0 aromatic heterocycles. The van der Waals surface area contributed by atoms with Crippen molar-refractivity contribution in [2.45, 2.75) is 52.1 Å². The number of nitrogens with one attached hydrogen (secondary N) is 1. The van der Waals surface area contributed by atoms with Crippen LogP contribution in [0.4, 0.5) is 5.69 Å². The monoisotopic (exact) mass is 643 g/mol. The van der Waals surface area contributed by atoms with Gasteiger partial charge in [-0.2, -0.15) is 0 Å². The quantitative estimate of drug-likeness (QED) is 0.264. The number of halogens is 1. The summed E-state index contributed by atoms with van der Waals surface area (Å²) in [7, 11) is -4.15. The molecule has 8 nitrogen and oxygen atoms in total. The number of benzene rings is 3. The van der Waals surface area contributed by atoms with Crippen LogP contribution in [0.25, 0.3) is 0 Å². The van der Waals surface area contributed by atoms with Crippen LogP contribution in [0.5, 0.6) is 5.75 Å². The molecule has 0 aliphatic rings. The normalized spacial score (nSPS) is 12.1. The molecule has 0 unspecified atom stereocenters. The van der Waals surface area contributed by atoms with E-state index in [0.717, 1.165) is 19.9 Å². The molecule has 3 aromatic rings. The zero-order valence-corrected chi connectivity index (χ0v) is 26.5.